The number of nitrogens with one attached hydrogen (secondary N) is 1. The SMILES string of the molecule is O=C(NCCCCC1(CO)CC1)OCCCCC1(CO)CC1. The molecule has 0 atom stereocenters. The van der Waals surface area contributed by atoms with E-state index in [1.165, 1.54) is 0 Å². The van der Waals surface area contributed by atoms with Crippen LogP contribution in [0.25, 0.3) is 0 Å². The lowest BCUT2D eigenvalue weighted by Gasteiger charge is -2.12. The van der Waals surface area contributed by atoms with Gasteiger partial charge in [-0.05, 0) is 68.6 Å². The molecule has 0 bridgehead atoms. The molecule has 5 heteroatoms. The third kappa shape index (κ3) is 5.76. The first kappa shape index (κ1) is 17.5. The minimum absolute atomic E-state index is 0.204. The molecular formula is C17H31NO4. The molecule has 22 heavy (non-hydrogen) atoms. The fraction of sp³-hybridized carbons (Fsp3) is 0.941. The van der Waals surface area contributed by atoms with Gasteiger partial charge in [-0.25, -0.2) is 4.79 Å². The number of hydrogen-bond acceptors (Lipinski definition) is 4. The van der Waals surface area contributed by atoms with Crippen LogP contribution < -0.4 is 5.32 Å². The summed E-state index contributed by atoms with van der Waals surface area (Å²) in [6, 6.07) is 0. The van der Waals surface area contributed by atoms with E-state index >= 15 is 0 Å². The minimum Gasteiger partial charge on any atom is -0.450 e. The Labute approximate surface area is 133 Å². The van der Waals surface area contributed by atoms with Crippen molar-refractivity contribution in [1.29, 1.82) is 0 Å². The van der Waals surface area contributed by atoms with Crippen molar-refractivity contribution in [2.24, 2.45) is 10.8 Å². The lowest BCUT2D eigenvalue weighted by Crippen LogP contribution is -2.25. The lowest BCUT2D eigenvalue weighted by atomic mass is 10.0. The molecule has 0 saturated heterocycles. The van der Waals surface area contributed by atoms with Gasteiger partial charge in [0.15, 0.2) is 0 Å². The van der Waals surface area contributed by atoms with Gasteiger partial charge in [0.1, 0.15) is 0 Å². The molecule has 0 spiro atoms. The van der Waals surface area contributed by atoms with Crippen molar-refractivity contribution < 1.29 is 19.7 Å². The monoisotopic (exact) mass is 313 g/mol. The molecule has 0 heterocycles. The van der Waals surface area contributed by atoms with Crippen molar-refractivity contribution in [1.82, 2.24) is 5.32 Å². The van der Waals surface area contributed by atoms with Crippen LogP contribution >= 0.6 is 0 Å². The van der Waals surface area contributed by atoms with Gasteiger partial charge in [-0.15, -0.1) is 0 Å². The van der Waals surface area contributed by atoms with Crippen LogP contribution in [0.4, 0.5) is 4.79 Å². The molecule has 0 aromatic rings. The normalized spacial score (nSPS) is 20.5. The smallest absolute Gasteiger partial charge is 0.407 e. The Morgan fingerprint density at radius 3 is 1.95 bits per heavy atom. The standard InChI is InChI=1S/C17H31NO4/c19-13-16(7-8-16)5-1-3-11-18-15(21)22-12-4-2-6-17(14-20)9-10-17/h19-20H,1-14H2,(H,18,21). The second-order valence-electron chi connectivity index (χ2n) is 7.29. The highest BCUT2D eigenvalue weighted by Gasteiger charge is 2.41. The summed E-state index contributed by atoms with van der Waals surface area (Å²) >= 11 is 0. The predicted molar refractivity (Wildman–Crippen MR) is 84.6 cm³/mol. The van der Waals surface area contributed by atoms with Gasteiger partial charge < -0.3 is 20.3 Å². The third-order valence-corrected chi connectivity index (χ3v) is 5.32. The third-order valence-electron chi connectivity index (χ3n) is 5.32. The topological polar surface area (TPSA) is 78.8 Å². The van der Waals surface area contributed by atoms with E-state index < -0.39 is 0 Å². The number of hydrogen-bond donors (Lipinski definition) is 3. The molecule has 2 rings (SSSR count). The summed E-state index contributed by atoms with van der Waals surface area (Å²) in [6.45, 7) is 1.71. The van der Waals surface area contributed by atoms with Crippen LogP contribution in [0.3, 0.4) is 0 Å². The Balaban J connectivity index is 1.37. The molecule has 3 N–H and O–H groups in total. The van der Waals surface area contributed by atoms with E-state index in [2.05, 4.69) is 5.32 Å². The fourth-order valence-corrected chi connectivity index (χ4v) is 2.96. The molecule has 0 radical (unpaired) electrons. The minimum atomic E-state index is -0.327. The van der Waals surface area contributed by atoms with Crippen molar-refractivity contribution in [2.45, 2.75) is 64.2 Å². The first-order valence-corrected chi connectivity index (χ1v) is 8.76. The first-order chi connectivity index (χ1) is 10.6. The predicted octanol–water partition coefficient (Wildman–Crippen LogP) is 2.60. The summed E-state index contributed by atoms with van der Waals surface area (Å²) in [4.78, 5) is 11.5. The van der Waals surface area contributed by atoms with Gasteiger partial charge >= 0.3 is 6.09 Å². The maximum atomic E-state index is 11.5. The Morgan fingerprint density at radius 2 is 1.45 bits per heavy atom. The van der Waals surface area contributed by atoms with Crippen molar-refractivity contribution >= 4 is 6.09 Å². The highest BCUT2D eigenvalue weighted by molar-refractivity contribution is 5.66. The molecule has 2 fully saturated rings. The molecule has 2 aliphatic rings. The number of aliphatic hydroxyl groups excluding tert-OH is 2. The Morgan fingerprint density at radius 1 is 0.909 bits per heavy atom. The van der Waals surface area contributed by atoms with Gasteiger partial charge in [-0.2, -0.15) is 0 Å². The van der Waals surface area contributed by atoms with Gasteiger partial charge in [-0.3, -0.25) is 0 Å². The molecule has 5 nitrogen and oxygen atoms in total. The molecule has 1 amide bonds. The van der Waals surface area contributed by atoms with Crippen molar-refractivity contribution in [2.75, 3.05) is 26.4 Å². The zero-order valence-electron chi connectivity index (χ0n) is 13.6. The molecule has 2 saturated carbocycles. The summed E-state index contributed by atoms with van der Waals surface area (Å²) in [5.41, 5.74) is 0.420. The van der Waals surface area contributed by atoms with Gasteiger partial charge in [0.05, 0.1) is 6.61 Å². The Hall–Kier alpha value is -0.810. The van der Waals surface area contributed by atoms with Crippen LogP contribution in [0.5, 0.6) is 0 Å². The summed E-state index contributed by atoms with van der Waals surface area (Å²) in [6.07, 6.45) is 10.2. The van der Waals surface area contributed by atoms with Gasteiger partial charge in [-0.1, -0.05) is 6.42 Å². The lowest BCUT2D eigenvalue weighted by molar-refractivity contribution is 0.140. The molecule has 2 aliphatic carbocycles. The molecule has 0 unspecified atom stereocenters. The zero-order chi connectivity index (χ0) is 15.9. The highest BCUT2D eigenvalue weighted by atomic mass is 16.5. The van der Waals surface area contributed by atoms with Crippen molar-refractivity contribution in [3.05, 3.63) is 0 Å². The second-order valence-corrected chi connectivity index (χ2v) is 7.29. The number of alkyl carbamates (subject to hydrolysis) is 1. The van der Waals surface area contributed by atoms with Gasteiger partial charge in [0, 0.05) is 19.8 Å². The average Bonchev–Trinajstić information content (AvgIpc) is 3.43. The average molecular weight is 313 g/mol. The van der Waals surface area contributed by atoms with E-state index in [9.17, 15) is 15.0 Å². The largest absolute Gasteiger partial charge is 0.450 e. The van der Waals surface area contributed by atoms with E-state index in [1.807, 2.05) is 0 Å². The summed E-state index contributed by atoms with van der Waals surface area (Å²) < 4.78 is 5.14. The molecule has 0 aromatic heterocycles. The second kappa shape index (κ2) is 8.16. The number of carbonyl (C=O) groups is 1. The molecule has 0 aliphatic heterocycles. The van der Waals surface area contributed by atoms with E-state index in [0.29, 0.717) is 26.4 Å². The van der Waals surface area contributed by atoms with Crippen LogP contribution in [0.15, 0.2) is 0 Å². The summed E-state index contributed by atoms with van der Waals surface area (Å²) in [5, 5.41) is 21.2. The number of rotatable bonds is 12. The first-order valence-electron chi connectivity index (χ1n) is 8.76. The Kier molecular flexibility index (Phi) is 6.50. The number of amides is 1. The number of unbranched alkanes of at least 4 members (excludes halogenated alkanes) is 2. The maximum Gasteiger partial charge on any atom is 0.407 e. The van der Waals surface area contributed by atoms with E-state index in [4.69, 9.17) is 4.74 Å². The van der Waals surface area contributed by atoms with E-state index in [0.717, 1.165) is 64.2 Å². The van der Waals surface area contributed by atoms with Crippen molar-refractivity contribution in [3.63, 3.8) is 0 Å². The fourth-order valence-electron chi connectivity index (χ4n) is 2.96. The van der Waals surface area contributed by atoms with Crippen LogP contribution in [0.1, 0.15) is 64.2 Å². The van der Waals surface area contributed by atoms with Gasteiger partial charge in [0.2, 0.25) is 0 Å². The number of aliphatic hydroxyl groups is 2. The van der Waals surface area contributed by atoms with Crippen LogP contribution in [0.2, 0.25) is 0 Å². The molecule has 128 valence electrons. The van der Waals surface area contributed by atoms with Crippen LogP contribution in [0, 0.1) is 10.8 Å². The van der Waals surface area contributed by atoms with E-state index in [-0.39, 0.29) is 16.9 Å². The molecule has 0 aromatic carbocycles. The zero-order valence-corrected chi connectivity index (χ0v) is 13.6. The summed E-state index contributed by atoms with van der Waals surface area (Å²) in [5.74, 6) is 0. The number of ether oxygens (including phenoxy) is 1. The van der Waals surface area contributed by atoms with Crippen LogP contribution in [-0.2, 0) is 4.74 Å². The number of carbonyl (C=O) groups excluding carboxylic acids is 1. The quantitative estimate of drug-likeness (QED) is 0.484. The maximum absolute atomic E-state index is 11.5. The van der Waals surface area contributed by atoms with Gasteiger partial charge in [0.25, 0.3) is 0 Å². The van der Waals surface area contributed by atoms with Crippen LogP contribution in [-0.4, -0.2) is 42.7 Å². The van der Waals surface area contributed by atoms with E-state index in [1.54, 1.807) is 0 Å². The summed E-state index contributed by atoms with van der Waals surface area (Å²) in [7, 11) is 0. The highest BCUT2D eigenvalue weighted by Crippen LogP contribution is 2.49. The molecular weight excluding hydrogens is 282 g/mol. The van der Waals surface area contributed by atoms with Crippen molar-refractivity contribution in [3.8, 4) is 0 Å². The Bertz CT molecular complexity index is 319.